The van der Waals surface area contributed by atoms with Gasteiger partial charge in [0.25, 0.3) is 0 Å². The lowest BCUT2D eigenvalue weighted by Crippen LogP contribution is -2.49. The molecule has 0 radical (unpaired) electrons. The quantitative estimate of drug-likeness (QED) is 0.810. The van der Waals surface area contributed by atoms with Crippen molar-refractivity contribution in [2.45, 2.75) is 57.2 Å². The molecule has 0 unspecified atom stereocenters. The third kappa shape index (κ3) is 3.48. The first kappa shape index (κ1) is 15.5. The Morgan fingerprint density at radius 1 is 1.18 bits per heavy atom. The van der Waals surface area contributed by atoms with Gasteiger partial charge in [0.1, 0.15) is 6.54 Å². The van der Waals surface area contributed by atoms with Gasteiger partial charge in [-0.15, -0.1) is 5.10 Å². The number of nitrogens with zero attached hydrogens (tertiary/aromatic N) is 4. The standard InChI is InChI=1S/C14H22N4O3S/c19-14(10-17-8-7-15-16-17)18(12-4-2-1-3-5-12)13-6-9-22(20,21)11-13/h7-8,12-13H,1-6,9-11H2/t13-/m0/s1. The van der Waals surface area contributed by atoms with E-state index in [4.69, 9.17) is 0 Å². The van der Waals surface area contributed by atoms with E-state index < -0.39 is 9.84 Å². The van der Waals surface area contributed by atoms with Crippen molar-refractivity contribution in [3.63, 3.8) is 0 Å². The molecule has 2 aliphatic rings. The largest absolute Gasteiger partial charge is 0.334 e. The molecular weight excluding hydrogens is 304 g/mol. The summed E-state index contributed by atoms with van der Waals surface area (Å²) in [6.45, 7) is 0.132. The molecule has 3 rings (SSSR count). The van der Waals surface area contributed by atoms with Crippen LogP contribution in [-0.2, 0) is 21.2 Å². The van der Waals surface area contributed by atoms with Gasteiger partial charge < -0.3 is 4.90 Å². The molecule has 1 aliphatic heterocycles. The zero-order chi connectivity index (χ0) is 15.6. The average molecular weight is 326 g/mol. The summed E-state index contributed by atoms with van der Waals surface area (Å²) in [7, 11) is -3.00. The summed E-state index contributed by atoms with van der Waals surface area (Å²) in [5, 5.41) is 7.55. The van der Waals surface area contributed by atoms with Crippen molar-refractivity contribution in [3.05, 3.63) is 12.4 Å². The van der Waals surface area contributed by atoms with Gasteiger partial charge in [0.2, 0.25) is 5.91 Å². The number of hydrogen-bond donors (Lipinski definition) is 0. The van der Waals surface area contributed by atoms with Crippen molar-refractivity contribution in [1.82, 2.24) is 19.9 Å². The summed E-state index contributed by atoms with van der Waals surface area (Å²) in [5.74, 6) is 0.254. The van der Waals surface area contributed by atoms with Crippen LogP contribution in [0, 0.1) is 0 Å². The number of carbonyl (C=O) groups is 1. The number of rotatable bonds is 4. The van der Waals surface area contributed by atoms with Crippen LogP contribution in [0.4, 0.5) is 0 Å². The summed E-state index contributed by atoms with van der Waals surface area (Å²) in [4.78, 5) is 14.6. The summed E-state index contributed by atoms with van der Waals surface area (Å²) < 4.78 is 25.1. The van der Waals surface area contributed by atoms with Crippen LogP contribution in [-0.4, -0.2) is 57.8 Å². The molecule has 0 spiro atoms. The van der Waals surface area contributed by atoms with E-state index in [0.29, 0.717) is 6.42 Å². The minimum atomic E-state index is -3.00. The number of hydrogen-bond acceptors (Lipinski definition) is 5. The van der Waals surface area contributed by atoms with Gasteiger partial charge in [-0.05, 0) is 19.3 Å². The zero-order valence-electron chi connectivity index (χ0n) is 12.6. The van der Waals surface area contributed by atoms with Crippen LogP contribution in [0.5, 0.6) is 0 Å². The fraction of sp³-hybridized carbons (Fsp3) is 0.786. The maximum absolute atomic E-state index is 12.8. The van der Waals surface area contributed by atoms with Gasteiger partial charge >= 0.3 is 0 Å². The third-order valence-corrected chi connectivity index (χ3v) is 6.38. The molecule has 0 aromatic carbocycles. The Balaban J connectivity index is 1.77. The van der Waals surface area contributed by atoms with Crippen molar-refractivity contribution in [2.75, 3.05) is 11.5 Å². The SMILES string of the molecule is O=C(Cn1ccnn1)N(C1CCCCC1)[C@H]1CCS(=O)(=O)C1. The van der Waals surface area contributed by atoms with Crippen LogP contribution in [0.2, 0.25) is 0 Å². The van der Waals surface area contributed by atoms with Crippen molar-refractivity contribution in [3.8, 4) is 0 Å². The van der Waals surface area contributed by atoms with Crippen LogP contribution < -0.4 is 0 Å². The lowest BCUT2D eigenvalue weighted by molar-refractivity contribution is -0.137. The fourth-order valence-electron chi connectivity index (χ4n) is 3.60. The predicted octanol–water partition coefficient (Wildman–Crippen LogP) is 0.626. The molecule has 1 amide bonds. The zero-order valence-corrected chi connectivity index (χ0v) is 13.4. The molecule has 1 aromatic rings. The molecule has 122 valence electrons. The van der Waals surface area contributed by atoms with E-state index in [1.807, 2.05) is 4.90 Å². The molecule has 0 N–H and O–H groups in total. The van der Waals surface area contributed by atoms with Gasteiger partial charge in [-0.2, -0.15) is 0 Å². The molecule has 2 fully saturated rings. The van der Waals surface area contributed by atoms with E-state index in [1.54, 1.807) is 6.20 Å². The van der Waals surface area contributed by atoms with Crippen molar-refractivity contribution >= 4 is 15.7 Å². The minimum Gasteiger partial charge on any atom is -0.334 e. The van der Waals surface area contributed by atoms with Gasteiger partial charge in [0.15, 0.2) is 9.84 Å². The Hall–Kier alpha value is -1.44. The normalized spacial score (nSPS) is 25.2. The molecule has 2 heterocycles. The van der Waals surface area contributed by atoms with Crippen molar-refractivity contribution in [1.29, 1.82) is 0 Å². The van der Waals surface area contributed by atoms with Gasteiger partial charge in [0, 0.05) is 18.3 Å². The Kier molecular flexibility index (Phi) is 4.46. The molecule has 1 saturated heterocycles. The van der Waals surface area contributed by atoms with E-state index >= 15 is 0 Å². The molecule has 0 bridgehead atoms. The van der Waals surface area contributed by atoms with E-state index in [0.717, 1.165) is 25.7 Å². The Morgan fingerprint density at radius 2 is 1.95 bits per heavy atom. The maximum Gasteiger partial charge on any atom is 0.244 e. The summed E-state index contributed by atoms with van der Waals surface area (Å²) in [5.41, 5.74) is 0. The van der Waals surface area contributed by atoms with Gasteiger partial charge in [-0.3, -0.25) is 4.79 Å². The van der Waals surface area contributed by atoms with E-state index in [-0.39, 0.29) is 36.0 Å². The Labute approximate surface area is 130 Å². The molecule has 8 heteroatoms. The first-order valence-electron chi connectivity index (χ1n) is 7.91. The average Bonchev–Trinajstić information content (AvgIpc) is 3.10. The highest BCUT2D eigenvalue weighted by molar-refractivity contribution is 7.91. The first-order valence-corrected chi connectivity index (χ1v) is 9.73. The molecule has 22 heavy (non-hydrogen) atoms. The first-order chi connectivity index (χ1) is 10.6. The van der Waals surface area contributed by atoms with Crippen LogP contribution >= 0.6 is 0 Å². The smallest absolute Gasteiger partial charge is 0.244 e. The Bertz CT molecular complexity index is 608. The summed E-state index contributed by atoms with van der Waals surface area (Å²) >= 11 is 0. The molecule has 1 atom stereocenters. The van der Waals surface area contributed by atoms with Gasteiger partial charge in [-0.1, -0.05) is 24.5 Å². The number of aromatic nitrogens is 3. The van der Waals surface area contributed by atoms with Crippen LogP contribution in [0.15, 0.2) is 12.4 Å². The van der Waals surface area contributed by atoms with Crippen LogP contribution in [0.3, 0.4) is 0 Å². The second-order valence-corrected chi connectivity index (χ2v) is 8.48. The monoisotopic (exact) mass is 326 g/mol. The highest BCUT2D eigenvalue weighted by Gasteiger charge is 2.38. The second kappa shape index (κ2) is 6.36. The lowest BCUT2D eigenvalue weighted by Gasteiger charge is -2.38. The minimum absolute atomic E-state index is 0.0421. The van der Waals surface area contributed by atoms with Gasteiger partial charge in [0.05, 0.1) is 17.7 Å². The van der Waals surface area contributed by atoms with E-state index in [1.165, 1.54) is 17.3 Å². The third-order valence-electron chi connectivity index (χ3n) is 4.63. The highest BCUT2D eigenvalue weighted by atomic mass is 32.2. The fourth-order valence-corrected chi connectivity index (χ4v) is 5.31. The van der Waals surface area contributed by atoms with Gasteiger partial charge in [-0.25, -0.2) is 13.1 Å². The topological polar surface area (TPSA) is 85.2 Å². The van der Waals surface area contributed by atoms with E-state index in [9.17, 15) is 13.2 Å². The molecule has 7 nitrogen and oxygen atoms in total. The highest BCUT2D eigenvalue weighted by Crippen LogP contribution is 2.28. The second-order valence-electron chi connectivity index (χ2n) is 6.25. The molecule has 1 aromatic heterocycles. The molecule has 1 aliphatic carbocycles. The number of sulfone groups is 1. The predicted molar refractivity (Wildman–Crippen MR) is 80.8 cm³/mol. The lowest BCUT2D eigenvalue weighted by atomic mass is 9.93. The summed E-state index contributed by atoms with van der Waals surface area (Å²) in [6.07, 6.45) is 9.11. The van der Waals surface area contributed by atoms with Crippen LogP contribution in [0.1, 0.15) is 38.5 Å². The van der Waals surface area contributed by atoms with Crippen molar-refractivity contribution in [2.24, 2.45) is 0 Å². The van der Waals surface area contributed by atoms with Crippen molar-refractivity contribution < 1.29 is 13.2 Å². The van der Waals surface area contributed by atoms with E-state index in [2.05, 4.69) is 10.3 Å². The maximum atomic E-state index is 12.8. The Morgan fingerprint density at radius 3 is 2.55 bits per heavy atom. The number of amides is 1. The molecular formula is C14H22N4O3S. The molecule has 1 saturated carbocycles. The summed E-state index contributed by atoms with van der Waals surface area (Å²) in [6, 6.07) is -0.00723. The number of carbonyl (C=O) groups excluding carboxylic acids is 1. The van der Waals surface area contributed by atoms with Crippen LogP contribution in [0.25, 0.3) is 0 Å².